The van der Waals surface area contributed by atoms with E-state index in [1.165, 1.54) is 11.1 Å². The van der Waals surface area contributed by atoms with Gasteiger partial charge >= 0.3 is 0 Å². The fourth-order valence-corrected chi connectivity index (χ4v) is 4.20. The van der Waals surface area contributed by atoms with Gasteiger partial charge in [0.1, 0.15) is 0 Å². The number of hydrogen-bond acceptors (Lipinski definition) is 2. The summed E-state index contributed by atoms with van der Waals surface area (Å²) in [5.74, 6) is 0.377. The van der Waals surface area contributed by atoms with E-state index in [0.717, 1.165) is 56.2 Å². The van der Waals surface area contributed by atoms with Gasteiger partial charge < -0.3 is 5.32 Å². The molecule has 0 spiro atoms. The standard InChI is InChI=1S/C25H34Cl2N2/c1-5-8-21(22-15-23(26)17-24(27)16-22)14-20(4)19(3)9-6-7-11-28-25-13-18(2)10-12-29-25/h10,12-13,15-17,21,25,28-29H,3-9,11,14H2,1-2H3. The van der Waals surface area contributed by atoms with Crippen LogP contribution in [0.25, 0.3) is 0 Å². The van der Waals surface area contributed by atoms with E-state index in [1.54, 1.807) is 6.07 Å². The molecule has 0 aliphatic carbocycles. The van der Waals surface area contributed by atoms with Crippen LogP contribution >= 0.6 is 23.2 Å². The Balaban J connectivity index is 1.76. The van der Waals surface area contributed by atoms with E-state index in [1.807, 2.05) is 18.3 Å². The molecule has 2 N–H and O–H groups in total. The molecule has 0 fully saturated rings. The zero-order valence-corrected chi connectivity index (χ0v) is 19.3. The summed E-state index contributed by atoms with van der Waals surface area (Å²) < 4.78 is 0. The Kier molecular flexibility index (Phi) is 10.1. The van der Waals surface area contributed by atoms with Gasteiger partial charge in [0.2, 0.25) is 0 Å². The summed E-state index contributed by atoms with van der Waals surface area (Å²) in [5, 5.41) is 8.21. The number of benzene rings is 1. The topological polar surface area (TPSA) is 24.1 Å². The van der Waals surface area contributed by atoms with Gasteiger partial charge in [-0.25, -0.2) is 0 Å². The molecular weight excluding hydrogens is 399 g/mol. The normalized spacial score (nSPS) is 16.8. The van der Waals surface area contributed by atoms with Gasteiger partial charge in [-0.2, -0.15) is 0 Å². The lowest BCUT2D eigenvalue weighted by Crippen LogP contribution is -2.39. The Bertz CT molecular complexity index is 744. The van der Waals surface area contributed by atoms with Gasteiger partial charge in [0.25, 0.3) is 0 Å². The number of halogens is 2. The van der Waals surface area contributed by atoms with Crippen LogP contribution < -0.4 is 10.6 Å². The zero-order chi connectivity index (χ0) is 21.2. The van der Waals surface area contributed by atoms with E-state index in [9.17, 15) is 0 Å². The van der Waals surface area contributed by atoms with Gasteiger partial charge in [0.15, 0.2) is 0 Å². The predicted molar refractivity (Wildman–Crippen MR) is 129 cm³/mol. The maximum Gasteiger partial charge on any atom is 0.0962 e. The van der Waals surface area contributed by atoms with Crippen LogP contribution in [-0.4, -0.2) is 12.7 Å². The fraction of sp³-hybridized carbons (Fsp3) is 0.440. The van der Waals surface area contributed by atoms with Crippen LogP contribution in [0.3, 0.4) is 0 Å². The molecule has 1 aromatic carbocycles. The molecule has 1 heterocycles. The van der Waals surface area contributed by atoms with Crippen molar-refractivity contribution in [2.24, 2.45) is 0 Å². The molecule has 29 heavy (non-hydrogen) atoms. The number of hydrogen-bond donors (Lipinski definition) is 2. The summed E-state index contributed by atoms with van der Waals surface area (Å²) in [6.45, 7) is 13.9. The largest absolute Gasteiger partial charge is 0.372 e. The van der Waals surface area contributed by atoms with E-state index < -0.39 is 0 Å². The summed E-state index contributed by atoms with van der Waals surface area (Å²) >= 11 is 12.4. The lowest BCUT2D eigenvalue weighted by Gasteiger charge is -2.21. The highest BCUT2D eigenvalue weighted by Crippen LogP contribution is 2.34. The molecule has 2 nitrogen and oxygen atoms in total. The van der Waals surface area contributed by atoms with Gasteiger partial charge in [-0.15, -0.1) is 0 Å². The minimum Gasteiger partial charge on any atom is -0.372 e. The molecule has 0 amide bonds. The van der Waals surface area contributed by atoms with Crippen molar-refractivity contribution in [2.45, 2.75) is 64.5 Å². The molecule has 0 saturated heterocycles. The summed E-state index contributed by atoms with van der Waals surface area (Å²) in [4.78, 5) is 0. The van der Waals surface area contributed by atoms with Crippen molar-refractivity contribution in [2.75, 3.05) is 6.54 Å². The highest BCUT2D eigenvalue weighted by atomic mass is 35.5. The van der Waals surface area contributed by atoms with Crippen molar-refractivity contribution >= 4 is 23.2 Å². The lowest BCUT2D eigenvalue weighted by atomic mass is 9.86. The Morgan fingerprint density at radius 3 is 2.52 bits per heavy atom. The lowest BCUT2D eigenvalue weighted by molar-refractivity contribution is 0.523. The van der Waals surface area contributed by atoms with Gasteiger partial charge in [0, 0.05) is 10.0 Å². The molecule has 2 rings (SSSR count). The fourth-order valence-electron chi connectivity index (χ4n) is 3.65. The molecule has 1 aromatic rings. The van der Waals surface area contributed by atoms with Crippen molar-refractivity contribution in [3.8, 4) is 0 Å². The molecule has 2 unspecified atom stereocenters. The Hall–Kier alpha value is -1.48. The average molecular weight is 433 g/mol. The molecule has 4 heteroatoms. The number of nitrogens with one attached hydrogen (secondary N) is 2. The maximum absolute atomic E-state index is 6.21. The van der Waals surface area contributed by atoms with Crippen LogP contribution in [0.4, 0.5) is 0 Å². The van der Waals surface area contributed by atoms with E-state index >= 15 is 0 Å². The van der Waals surface area contributed by atoms with Gasteiger partial charge in [-0.3, -0.25) is 5.32 Å². The Labute approximate surface area is 186 Å². The second kappa shape index (κ2) is 12.3. The number of rotatable bonds is 12. The van der Waals surface area contributed by atoms with Crippen molar-refractivity contribution in [1.29, 1.82) is 0 Å². The molecule has 0 bridgehead atoms. The molecule has 0 radical (unpaired) electrons. The predicted octanol–water partition coefficient (Wildman–Crippen LogP) is 7.53. The van der Waals surface area contributed by atoms with Crippen molar-refractivity contribution in [3.63, 3.8) is 0 Å². The first-order chi connectivity index (χ1) is 13.9. The second-order valence-corrected chi connectivity index (χ2v) is 8.77. The molecule has 158 valence electrons. The molecule has 0 aromatic heterocycles. The minimum atomic E-state index is 0.234. The van der Waals surface area contributed by atoms with E-state index in [4.69, 9.17) is 23.2 Å². The molecule has 1 aliphatic heterocycles. The monoisotopic (exact) mass is 432 g/mol. The third-order valence-corrected chi connectivity index (χ3v) is 5.74. The first-order valence-corrected chi connectivity index (χ1v) is 11.3. The van der Waals surface area contributed by atoms with E-state index in [0.29, 0.717) is 16.0 Å². The van der Waals surface area contributed by atoms with Crippen LogP contribution in [0.2, 0.25) is 10.0 Å². The van der Waals surface area contributed by atoms with E-state index in [-0.39, 0.29) is 6.17 Å². The average Bonchev–Trinajstić information content (AvgIpc) is 2.66. The van der Waals surface area contributed by atoms with Gasteiger partial charge in [0.05, 0.1) is 6.17 Å². The number of allylic oxidation sites excluding steroid dienone is 4. The van der Waals surface area contributed by atoms with E-state index in [2.05, 4.69) is 49.8 Å². The first-order valence-electron chi connectivity index (χ1n) is 10.6. The van der Waals surface area contributed by atoms with Crippen molar-refractivity contribution in [1.82, 2.24) is 10.6 Å². The summed E-state index contributed by atoms with van der Waals surface area (Å²) in [7, 11) is 0. The summed E-state index contributed by atoms with van der Waals surface area (Å²) in [6, 6.07) is 5.84. The van der Waals surface area contributed by atoms with Crippen LogP contribution in [0.1, 0.15) is 63.9 Å². The molecule has 2 atom stereocenters. The number of unbranched alkanes of at least 4 members (excludes halogenated alkanes) is 1. The van der Waals surface area contributed by atoms with Crippen LogP contribution in [0.5, 0.6) is 0 Å². The quantitative estimate of drug-likeness (QED) is 0.263. The maximum atomic E-state index is 6.21. The van der Waals surface area contributed by atoms with Gasteiger partial charge in [-0.1, -0.05) is 66.4 Å². The first kappa shape index (κ1) is 23.8. The minimum absolute atomic E-state index is 0.234. The highest BCUT2D eigenvalue weighted by Gasteiger charge is 2.15. The molecular formula is C25H34Cl2N2. The van der Waals surface area contributed by atoms with Crippen LogP contribution in [0.15, 0.2) is 66.4 Å². The van der Waals surface area contributed by atoms with Crippen molar-refractivity contribution < 1.29 is 0 Å². The second-order valence-electron chi connectivity index (χ2n) is 7.90. The third kappa shape index (κ3) is 8.42. The third-order valence-electron chi connectivity index (χ3n) is 5.31. The summed E-state index contributed by atoms with van der Waals surface area (Å²) in [5.41, 5.74) is 4.78. The van der Waals surface area contributed by atoms with Crippen LogP contribution in [-0.2, 0) is 0 Å². The number of dihydropyridines is 1. The smallest absolute Gasteiger partial charge is 0.0962 e. The summed E-state index contributed by atoms with van der Waals surface area (Å²) in [6.07, 6.45) is 12.8. The van der Waals surface area contributed by atoms with Crippen LogP contribution in [0, 0.1) is 0 Å². The van der Waals surface area contributed by atoms with Crippen molar-refractivity contribution in [3.05, 3.63) is 82.0 Å². The molecule has 0 saturated carbocycles. The SMILES string of the molecule is C=C(CCCCNC1C=C(C)C=CN1)C(=C)CC(CCC)c1cc(Cl)cc(Cl)c1. The molecule has 1 aliphatic rings. The zero-order valence-electron chi connectivity index (χ0n) is 17.7. The Morgan fingerprint density at radius 1 is 1.14 bits per heavy atom. The Morgan fingerprint density at radius 2 is 1.86 bits per heavy atom. The van der Waals surface area contributed by atoms with Gasteiger partial charge in [-0.05, 0) is 93.6 Å². The highest BCUT2D eigenvalue weighted by molar-refractivity contribution is 6.34.